The fraction of sp³-hybridized carbons (Fsp3) is 1.00. The van der Waals surface area contributed by atoms with Gasteiger partial charge in [0.1, 0.15) is 0 Å². The summed E-state index contributed by atoms with van der Waals surface area (Å²) in [5.74, 6) is -7.82. The second-order valence-electron chi connectivity index (χ2n) is 2.05. The average Bonchev–Trinajstić information content (AvgIpc) is 1.65. The van der Waals surface area contributed by atoms with Crippen molar-refractivity contribution >= 4 is 0 Å². The van der Waals surface area contributed by atoms with Crippen molar-refractivity contribution in [1.82, 2.24) is 0 Å². The van der Waals surface area contributed by atoms with E-state index in [0.29, 0.717) is 0 Å². The second-order valence-corrected chi connectivity index (χ2v) is 2.05. The third-order valence-corrected chi connectivity index (χ3v) is 1.35. The van der Waals surface area contributed by atoms with E-state index in [1.54, 1.807) is 0 Å². The Morgan fingerprint density at radius 3 is 1.78 bits per heavy atom. The Hall–Kier alpha value is -0.320. The van der Waals surface area contributed by atoms with E-state index in [2.05, 4.69) is 0 Å². The molecule has 54 valence electrons. The highest BCUT2D eigenvalue weighted by Crippen LogP contribution is 2.49. The first-order chi connectivity index (χ1) is 3.88. The molecule has 1 aliphatic carbocycles. The minimum atomic E-state index is -4.20. The van der Waals surface area contributed by atoms with Gasteiger partial charge in [-0.15, -0.1) is 0 Å². The van der Waals surface area contributed by atoms with Crippen molar-refractivity contribution in [3.05, 3.63) is 0 Å². The van der Waals surface area contributed by atoms with Crippen LogP contribution in [-0.2, 0) is 0 Å². The third kappa shape index (κ3) is 0.640. The highest BCUT2D eigenvalue weighted by molar-refractivity contribution is 5.03. The van der Waals surface area contributed by atoms with E-state index in [1.165, 1.54) is 0 Å². The predicted molar refractivity (Wildman–Crippen MR) is 20.5 cm³/mol. The maximum absolute atomic E-state index is 11.8. The lowest BCUT2D eigenvalue weighted by Crippen LogP contribution is -2.63. The summed E-state index contributed by atoms with van der Waals surface area (Å²) in [6, 6.07) is 0. The van der Waals surface area contributed by atoms with Gasteiger partial charge in [0.15, 0.2) is 6.17 Å². The predicted octanol–water partition coefficient (Wildman–Crippen LogP) is 1.02. The quantitative estimate of drug-likeness (QED) is 0.503. The number of hydrogen-bond acceptors (Lipinski definition) is 1. The molecule has 0 spiro atoms. The van der Waals surface area contributed by atoms with Crippen molar-refractivity contribution in [3.8, 4) is 0 Å². The van der Waals surface area contributed by atoms with Crippen LogP contribution in [0.15, 0.2) is 0 Å². The van der Waals surface area contributed by atoms with Gasteiger partial charge in [0, 0.05) is 0 Å². The Morgan fingerprint density at radius 1 is 1.33 bits per heavy atom. The molecule has 0 amide bonds. The molecule has 0 aromatic heterocycles. The molecule has 1 nitrogen and oxygen atoms in total. The summed E-state index contributed by atoms with van der Waals surface area (Å²) in [6.07, 6.45) is -3.66. The zero-order valence-electron chi connectivity index (χ0n) is 4.24. The lowest BCUT2D eigenvalue weighted by Gasteiger charge is -2.40. The highest BCUT2D eigenvalue weighted by atomic mass is 19.3. The van der Waals surface area contributed by atoms with Gasteiger partial charge in [-0.2, -0.15) is 8.78 Å². The molecule has 0 heterocycles. The van der Waals surface area contributed by atoms with Crippen LogP contribution in [0.25, 0.3) is 0 Å². The van der Waals surface area contributed by atoms with E-state index in [0.717, 1.165) is 0 Å². The lowest BCUT2D eigenvalue weighted by molar-refractivity contribution is -0.347. The third-order valence-electron chi connectivity index (χ3n) is 1.35. The molecular weight excluding hydrogens is 140 g/mol. The largest absolute Gasteiger partial charge is 0.357 e. The Bertz CT molecular complexity index is 133. The number of halogens is 4. The van der Waals surface area contributed by atoms with Crippen LogP contribution < -0.4 is 0 Å². The molecule has 5 heteroatoms. The van der Waals surface area contributed by atoms with Crippen LogP contribution in [-0.4, -0.2) is 23.1 Å². The van der Waals surface area contributed by atoms with E-state index in [4.69, 9.17) is 5.11 Å². The van der Waals surface area contributed by atoms with E-state index in [1.807, 2.05) is 0 Å². The van der Waals surface area contributed by atoms with Crippen LogP contribution >= 0.6 is 0 Å². The van der Waals surface area contributed by atoms with Crippen molar-refractivity contribution in [2.75, 3.05) is 0 Å². The summed E-state index contributed by atoms with van der Waals surface area (Å²) < 4.78 is 46.9. The molecule has 1 saturated carbocycles. The second kappa shape index (κ2) is 1.39. The van der Waals surface area contributed by atoms with Crippen molar-refractivity contribution in [2.24, 2.45) is 0 Å². The number of rotatable bonds is 0. The first kappa shape index (κ1) is 6.80. The van der Waals surface area contributed by atoms with Gasteiger partial charge in [0.25, 0.3) is 5.85 Å². The van der Waals surface area contributed by atoms with Gasteiger partial charge >= 0.3 is 5.92 Å². The Balaban J connectivity index is 2.70. The molecule has 1 aliphatic rings. The molecular formula is C4H4F4O. The normalized spacial score (nSPS) is 48.3. The van der Waals surface area contributed by atoms with E-state index in [9.17, 15) is 17.6 Å². The molecule has 0 aromatic carbocycles. The molecule has 2 unspecified atom stereocenters. The minimum absolute atomic E-state index is 1.12. The molecule has 2 atom stereocenters. The van der Waals surface area contributed by atoms with Gasteiger partial charge in [-0.1, -0.05) is 0 Å². The van der Waals surface area contributed by atoms with Crippen LogP contribution in [0.5, 0.6) is 0 Å². The number of hydrogen-bond donors (Lipinski definition) is 1. The molecule has 0 bridgehead atoms. The zero-order chi connectivity index (χ0) is 7.28. The van der Waals surface area contributed by atoms with Crippen molar-refractivity contribution in [3.63, 3.8) is 0 Å². The summed E-state index contributed by atoms with van der Waals surface area (Å²) in [5, 5.41) is 7.95. The van der Waals surface area contributed by atoms with Gasteiger partial charge in [0.2, 0.25) is 0 Å². The lowest BCUT2D eigenvalue weighted by atomic mass is 9.86. The van der Waals surface area contributed by atoms with Crippen LogP contribution in [0.3, 0.4) is 0 Å². The van der Waals surface area contributed by atoms with Crippen molar-refractivity contribution in [2.45, 2.75) is 24.4 Å². The summed E-state index contributed by atoms with van der Waals surface area (Å²) in [5.41, 5.74) is 0. The Morgan fingerprint density at radius 2 is 1.78 bits per heavy atom. The molecule has 9 heavy (non-hydrogen) atoms. The highest BCUT2D eigenvalue weighted by Gasteiger charge is 2.71. The molecule has 0 aliphatic heterocycles. The van der Waals surface area contributed by atoms with E-state index < -0.39 is 24.4 Å². The smallest absolute Gasteiger partial charge is 0.336 e. The Labute approximate surface area is 48.3 Å². The maximum Gasteiger partial charge on any atom is 0.336 e. The van der Waals surface area contributed by atoms with Crippen LogP contribution in [0.2, 0.25) is 0 Å². The van der Waals surface area contributed by atoms with E-state index in [-0.39, 0.29) is 0 Å². The molecule has 1 fully saturated rings. The molecule has 0 radical (unpaired) electrons. The van der Waals surface area contributed by atoms with Gasteiger partial charge in [-0.3, -0.25) is 0 Å². The standard InChI is InChI=1S/C4H4F4O/c5-2-1-3(6,9)4(2,7)8/h2,9H,1H2. The van der Waals surface area contributed by atoms with Crippen LogP contribution in [0.4, 0.5) is 17.6 Å². The van der Waals surface area contributed by atoms with Crippen LogP contribution in [0.1, 0.15) is 6.42 Å². The monoisotopic (exact) mass is 144 g/mol. The molecule has 0 aromatic rings. The Kier molecular flexibility index (Phi) is 1.05. The van der Waals surface area contributed by atoms with Crippen LogP contribution in [0, 0.1) is 0 Å². The molecule has 1 rings (SSSR count). The van der Waals surface area contributed by atoms with Gasteiger partial charge < -0.3 is 5.11 Å². The fourth-order valence-electron chi connectivity index (χ4n) is 0.611. The summed E-state index contributed by atoms with van der Waals surface area (Å²) in [6.45, 7) is 0. The SMILES string of the molecule is OC1(F)CC(F)C1(F)F. The van der Waals surface area contributed by atoms with Gasteiger partial charge in [0.05, 0.1) is 6.42 Å². The number of alkyl halides is 4. The molecule has 0 saturated heterocycles. The molecule has 1 N–H and O–H groups in total. The first-order valence-electron chi connectivity index (χ1n) is 2.31. The van der Waals surface area contributed by atoms with Crippen molar-refractivity contribution in [1.29, 1.82) is 0 Å². The van der Waals surface area contributed by atoms with Gasteiger partial charge in [-0.05, 0) is 0 Å². The minimum Gasteiger partial charge on any atom is -0.357 e. The number of aliphatic hydroxyl groups is 1. The van der Waals surface area contributed by atoms with Gasteiger partial charge in [-0.25, -0.2) is 8.78 Å². The van der Waals surface area contributed by atoms with E-state index >= 15 is 0 Å². The van der Waals surface area contributed by atoms with Crippen molar-refractivity contribution < 1.29 is 22.7 Å². The summed E-state index contributed by atoms with van der Waals surface area (Å²) in [4.78, 5) is 0. The average molecular weight is 144 g/mol. The summed E-state index contributed by atoms with van der Waals surface area (Å²) in [7, 11) is 0. The topological polar surface area (TPSA) is 20.2 Å². The first-order valence-corrected chi connectivity index (χ1v) is 2.31. The fourth-order valence-corrected chi connectivity index (χ4v) is 0.611. The summed E-state index contributed by atoms with van der Waals surface area (Å²) >= 11 is 0. The maximum atomic E-state index is 11.8. The zero-order valence-corrected chi connectivity index (χ0v) is 4.24.